The Labute approximate surface area is 178 Å². The molecule has 2 aromatic carbocycles. The molecule has 0 aliphatic carbocycles. The van der Waals surface area contributed by atoms with Crippen LogP contribution in [0.5, 0.6) is 0 Å². The Morgan fingerprint density at radius 2 is 1.32 bits per heavy atom. The fourth-order valence-corrected chi connectivity index (χ4v) is 2.40. The summed E-state index contributed by atoms with van der Waals surface area (Å²) in [7, 11) is 0. The number of benzene rings is 2. The highest BCUT2D eigenvalue weighted by Crippen LogP contribution is 2.03. The highest BCUT2D eigenvalue weighted by Gasteiger charge is 2.21. The summed E-state index contributed by atoms with van der Waals surface area (Å²) in [6.07, 6.45) is -1.51. The van der Waals surface area contributed by atoms with Crippen LogP contribution in [0.15, 0.2) is 60.7 Å². The predicted octanol–water partition coefficient (Wildman–Crippen LogP) is 2.94. The Morgan fingerprint density at radius 3 is 1.84 bits per heavy atom. The Kier molecular flexibility index (Phi) is 10.3. The number of hydrogen-bond acceptors (Lipinski definition) is 7. The van der Waals surface area contributed by atoms with Crippen LogP contribution in [-0.2, 0) is 37.6 Å². The Balaban J connectivity index is 1.57. The van der Waals surface area contributed by atoms with E-state index in [1.807, 2.05) is 36.4 Å². The molecule has 0 unspecified atom stereocenters. The van der Waals surface area contributed by atoms with Gasteiger partial charge in [-0.1, -0.05) is 60.7 Å². The van der Waals surface area contributed by atoms with Crippen LogP contribution in [0.3, 0.4) is 0 Å². The molecule has 0 fully saturated rings. The van der Waals surface area contributed by atoms with E-state index in [-0.39, 0.29) is 32.6 Å². The van der Waals surface area contributed by atoms with Crippen LogP contribution in [0.2, 0.25) is 0 Å². The third kappa shape index (κ3) is 10.1. The van der Waals surface area contributed by atoms with Crippen LogP contribution in [0.25, 0.3) is 0 Å². The monoisotopic (exact) mass is 432 g/mol. The van der Waals surface area contributed by atoms with Crippen molar-refractivity contribution in [1.82, 2.24) is 10.6 Å². The highest BCUT2D eigenvalue weighted by atomic mass is 17.2. The summed E-state index contributed by atoms with van der Waals surface area (Å²) in [5.41, 5.74) is 1.63. The van der Waals surface area contributed by atoms with Gasteiger partial charge in [0.1, 0.15) is 19.3 Å². The van der Waals surface area contributed by atoms with Crippen LogP contribution >= 0.6 is 0 Å². The zero-order valence-electron chi connectivity index (χ0n) is 16.7. The van der Waals surface area contributed by atoms with Gasteiger partial charge in [-0.05, 0) is 24.0 Å². The standard InChI is InChI=1S/C21H24N2O8/c24-19(25)18(23-21(27)31-29-15-17-10-5-2-6-11-17)12-7-13-22-20(26)30-28-14-16-8-3-1-4-9-16/h1-6,8-11,18H,7,12-15H2,(H,22,26)(H,23,27)(H,24,25)/t18-/m0/s1. The first-order chi connectivity index (χ1) is 15.0. The first-order valence-electron chi connectivity index (χ1n) is 9.52. The number of amides is 2. The summed E-state index contributed by atoms with van der Waals surface area (Å²) in [5, 5.41) is 13.8. The SMILES string of the molecule is O=C(NCCC[C@H](NC(=O)OOCc1ccccc1)C(=O)O)OOCc1ccccc1. The van der Waals surface area contributed by atoms with Crippen molar-refractivity contribution < 1.29 is 39.0 Å². The molecule has 10 heteroatoms. The molecule has 0 saturated heterocycles. The van der Waals surface area contributed by atoms with Gasteiger partial charge in [0.25, 0.3) is 0 Å². The lowest BCUT2D eigenvalue weighted by Gasteiger charge is -2.14. The minimum Gasteiger partial charge on any atom is -0.480 e. The lowest BCUT2D eigenvalue weighted by atomic mass is 10.1. The Morgan fingerprint density at radius 1 is 0.806 bits per heavy atom. The third-order valence-corrected chi connectivity index (χ3v) is 3.94. The zero-order chi connectivity index (χ0) is 22.3. The largest absolute Gasteiger partial charge is 0.480 e. The Bertz CT molecular complexity index is 817. The second-order valence-corrected chi connectivity index (χ2v) is 6.34. The summed E-state index contributed by atoms with van der Waals surface area (Å²) < 4.78 is 0. The molecule has 1 atom stereocenters. The van der Waals surface area contributed by atoms with Crippen molar-refractivity contribution in [3.8, 4) is 0 Å². The molecular formula is C21H24N2O8. The molecule has 2 rings (SSSR count). The van der Waals surface area contributed by atoms with Gasteiger partial charge in [-0.2, -0.15) is 9.78 Å². The number of carbonyl (C=O) groups is 3. The minimum absolute atomic E-state index is 0.0321. The second-order valence-electron chi connectivity index (χ2n) is 6.34. The zero-order valence-corrected chi connectivity index (χ0v) is 16.7. The van der Waals surface area contributed by atoms with Gasteiger partial charge in [-0.3, -0.25) is 9.78 Å². The number of carbonyl (C=O) groups excluding carboxylic acids is 2. The first-order valence-corrected chi connectivity index (χ1v) is 9.52. The van der Waals surface area contributed by atoms with E-state index in [2.05, 4.69) is 20.4 Å². The molecule has 2 amide bonds. The van der Waals surface area contributed by atoms with Crippen molar-refractivity contribution in [3.63, 3.8) is 0 Å². The average Bonchev–Trinajstić information content (AvgIpc) is 2.77. The van der Waals surface area contributed by atoms with Crippen molar-refractivity contribution in [3.05, 3.63) is 71.8 Å². The summed E-state index contributed by atoms with van der Waals surface area (Å²) in [5.74, 6) is -1.24. The van der Waals surface area contributed by atoms with E-state index in [9.17, 15) is 19.5 Å². The summed E-state index contributed by atoms with van der Waals surface area (Å²) in [6, 6.07) is 17.0. The molecule has 0 spiro atoms. The topological polar surface area (TPSA) is 132 Å². The summed E-state index contributed by atoms with van der Waals surface area (Å²) >= 11 is 0. The number of aliphatic carboxylic acids is 1. The molecule has 0 saturated carbocycles. The van der Waals surface area contributed by atoms with Crippen LogP contribution in [0.1, 0.15) is 24.0 Å². The molecule has 31 heavy (non-hydrogen) atoms. The molecular weight excluding hydrogens is 408 g/mol. The van der Waals surface area contributed by atoms with Gasteiger partial charge in [0, 0.05) is 6.54 Å². The predicted molar refractivity (Wildman–Crippen MR) is 107 cm³/mol. The third-order valence-electron chi connectivity index (χ3n) is 3.94. The van der Waals surface area contributed by atoms with E-state index in [4.69, 9.17) is 9.78 Å². The number of carboxylic acid groups (broad SMARTS) is 1. The quantitative estimate of drug-likeness (QED) is 0.265. The summed E-state index contributed by atoms with van der Waals surface area (Å²) in [4.78, 5) is 53.3. The van der Waals surface area contributed by atoms with Gasteiger partial charge >= 0.3 is 18.2 Å². The molecule has 10 nitrogen and oxygen atoms in total. The lowest BCUT2D eigenvalue weighted by Crippen LogP contribution is -2.41. The van der Waals surface area contributed by atoms with Crippen LogP contribution in [0.4, 0.5) is 9.59 Å². The van der Waals surface area contributed by atoms with Gasteiger partial charge in [0.2, 0.25) is 0 Å². The number of nitrogens with one attached hydrogen (secondary N) is 2. The Hall–Kier alpha value is -3.63. The van der Waals surface area contributed by atoms with E-state index in [1.165, 1.54) is 0 Å². The maximum absolute atomic E-state index is 11.7. The van der Waals surface area contributed by atoms with Gasteiger partial charge in [0.05, 0.1) is 0 Å². The minimum atomic E-state index is -1.24. The molecule has 3 N–H and O–H groups in total. The molecule has 0 heterocycles. The normalized spacial score (nSPS) is 11.2. The van der Waals surface area contributed by atoms with Crippen LogP contribution in [0, 0.1) is 0 Å². The lowest BCUT2D eigenvalue weighted by molar-refractivity contribution is -0.249. The average molecular weight is 432 g/mol. The second kappa shape index (κ2) is 13.6. The van der Waals surface area contributed by atoms with Crippen LogP contribution in [-0.4, -0.2) is 35.8 Å². The molecule has 0 aliphatic rings. The van der Waals surface area contributed by atoms with E-state index in [1.54, 1.807) is 24.3 Å². The maximum atomic E-state index is 11.7. The number of hydrogen-bond donors (Lipinski definition) is 3. The molecule has 0 bridgehead atoms. The molecule has 2 aromatic rings. The smallest absolute Gasteiger partial charge is 0.439 e. The molecule has 166 valence electrons. The summed E-state index contributed by atoms with van der Waals surface area (Å²) in [6.45, 7) is 0.261. The van der Waals surface area contributed by atoms with Crippen molar-refractivity contribution in [2.24, 2.45) is 0 Å². The van der Waals surface area contributed by atoms with Crippen molar-refractivity contribution in [2.45, 2.75) is 32.1 Å². The van der Waals surface area contributed by atoms with E-state index < -0.39 is 24.2 Å². The molecule has 0 radical (unpaired) electrons. The first kappa shape index (κ1) is 23.6. The van der Waals surface area contributed by atoms with Gasteiger partial charge in [-0.25, -0.2) is 14.4 Å². The highest BCUT2D eigenvalue weighted by molar-refractivity contribution is 5.79. The van der Waals surface area contributed by atoms with Crippen molar-refractivity contribution >= 4 is 18.2 Å². The van der Waals surface area contributed by atoms with E-state index in [0.29, 0.717) is 0 Å². The van der Waals surface area contributed by atoms with E-state index >= 15 is 0 Å². The van der Waals surface area contributed by atoms with Gasteiger partial charge in [0.15, 0.2) is 0 Å². The molecule has 0 aliphatic heterocycles. The molecule has 0 aromatic heterocycles. The van der Waals surface area contributed by atoms with Gasteiger partial charge < -0.3 is 15.7 Å². The van der Waals surface area contributed by atoms with Crippen molar-refractivity contribution in [1.29, 1.82) is 0 Å². The number of carboxylic acids is 1. The van der Waals surface area contributed by atoms with Gasteiger partial charge in [-0.15, -0.1) is 0 Å². The maximum Gasteiger partial charge on any atom is 0.439 e. The van der Waals surface area contributed by atoms with Crippen LogP contribution < -0.4 is 10.6 Å². The fraction of sp³-hybridized carbons (Fsp3) is 0.286. The fourth-order valence-electron chi connectivity index (χ4n) is 2.40. The van der Waals surface area contributed by atoms with E-state index in [0.717, 1.165) is 11.1 Å². The number of rotatable bonds is 12. The van der Waals surface area contributed by atoms with Crippen molar-refractivity contribution in [2.75, 3.05) is 6.54 Å².